The van der Waals surface area contributed by atoms with Gasteiger partial charge in [-0.2, -0.15) is 5.10 Å². The third kappa shape index (κ3) is 7.82. The lowest BCUT2D eigenvalue weighted by Gasteiger charge is -2.10. The number of ether oxygens (including phenoxy) is 1. The average molecular weight is 493 g/mol. The van der Waals surface area contributed by atoms with Gasteiger partial charge >= 0.3 is 11.8 Å². The Labute approximate surface area is 187 Å². The molecule has 2 aromatic carbocycles. The molecule has 0 aliphatic carbocycles. The lowest BCUT2D eigenvalue weighted by Crippen LogP contribution is -2.41. The number of nitrogens with zero attached hydrogens (tertiary/aromatic N) is 1. The zero-order valence-electron chi connectivity index (χ0n) is 16.9. The number of amides is 3. The predicted molar refractivity (Wildman–Crippen MR) is 118 cm³/mol. The van der Waals surface area contributed by atoms with E-state index >= 15 is 0 Å². The number of para-hydroxylation sites is 1. The van der Waals surface area contributed by atoms with Crippen molar-refractivity contribution in [2.24, 2.45) is 5.10 Å². The molecule has 2 aromatic rings. The number of rotatable bonds is 8. The van der Waals surface area contributed by atoms with Gasteiger partial charge < -0.3 is 15.4 Å². The predicted octanol–water partition coefficient (Wildman–Crippen LogP) is 2.97. The first-order valence-corrected chi connectivity index (χ1v) is 10.2. The van der Waals surface area contributed by atoms with Crippen molar-refractivity contribution in [1.29, 1.82) is 0 Å². The lowest BCUT2D eigenvalue weighted by molar-refractivity contribution is -0.139. The van der Waals surface area contributed by atoms with Crippen molar-refractivity contribution in [3.63, 3.8) is 0 Å². The summed E-state index contributed by atoms with van der Waals surface area (Å²) in [4.78, 5) is 35.5. The zero-order chi connectivity index (χ0) is 22.8. The van der Waals surface area contributed by atoms with Crippen LogP contribution in [0.4, 0.5) is 10.1 Å². The van der Waals surface area contributed by atoms with E-state index in [4.69, 9.17) is 4.74 Å². The normalized spacial score (nSPS) is 11.6. The first kappa shape index (κ1) is 24.0. The van der Waals surface area contributed by atoms with Crippen LogP contribution in [-0.4, -0.2) is 36.6 Å². The quantitative estimate of drug-likeness (QED) is 0.299. The number of hydrogen-bond acceptors (Lipinski definition) is 5. The van der Waals surface area contributed by atoms with Crippen molar-refractivity contribution in [2.75, 3.05) is 11.9 Å². The molecule has 0 unspecified atom stereocenters. The maximum absolute atomic E-state index is 13.8. The minimum Gasteiger partial charge on any atom is -0.483 e. The Morgan fingerprint density at radius 3 is 2.65 bits per heavy atom. The Bertz CT molecular complexity index is 984. The van der Waals surface area contributed by atoms with Crippen LogP contribution in [0.1, 0.15) is 25.8 Å². The molecule has 0 aliphatic heterocycles. The van der Waals surface area contributed by atoms with E-state index in [1.54, 1.807) is 37.3 Å². The van der Waals surface area contributed by atoms with Gasteiger partial charge in [0.2, 0.25) is 0 Å². The van der Waals surface area contributed by atoms with Crippen LogP contribution in [0.5, 0.6) is 5.75 Å². The van der Waals surface area contributed by atoms with E-state index in [1.807, 2.05) is 6.92 Å². The largest absolute Gasteiger partial charge is 0.483 e. The first-order valence-electron chi connectivity index (χ1n) is 9.40. The van der Waals surface area contributed by atoms with E-state index in [0.29, 0.717) is 22.2 Å². The molecule has 0 bridgehead atoms. The second-order valence-electron chi connectivity index (χ2n) is 6.48. The lowest BCUT2D eigenvalue weighted by atomic mass is 10.2. The van der Waals surface area contributed by atoms with Gasteiger partial charge in [0.25, 0.3) is 5.91 Å². The summed E-state index contributed by atoms with van der Waals surface area (Å²) in [5.74, 6) is -2.50. The smallest absolute Gasteiger partial charge is 0.329 e. The summed E-state index contributed by atoms with van der Waals surface area (Å²) in [5.41, 5.74) is 2.63. The summed E-state index contributed by atoms with van der Waals surface area (Å²) in [6.45, 7) is 3.29. The monoisotopic (exact) mass is 492 g/mol. The van der Waals surface area contributed by atoms with E-state index in [9.17, 15) is 18.8 Å². The SMILES string of the molecule is CC[C@H](C)NC(=O)C(=O)N/N=C\c1ccccc1OCC(=O)Nc1ccc(Br)cc1F. The van der Waals surface area contributed by atoms with E-state index in [2.05, 4.69) is 37.1 Å². The number of carbonyl (C=O) groups is 3. The molecule has 0 spiro atoms. The van der Waals surface area contributed by atoms with E-state index < -0.39 is 23.5 Å². The molecule has 164 valence electrons. The fraction of sp³-hybridized carbons (Fsp3) is 0.238. The molecule has 0 saturated heterocycles. The Kier molecular flexibility index (Phi) is 9.13. The van der Waals surface area contributed by atoms with Gasteiger partial charge in [-0.05, 0) is 43.7 Å². The number of hydrazone groups is 1. The van der Waals surface area contributed by atoms with Crippen LogP contribution >= 0.6 is 15.9 Å². The second kappa shape index (κ2) is 11.8. The Morgan fingerprint density at radius 2 is 1.94 bits per heavy atom. The fourth-order valence-corrected chi connectivity index (χ4v) is 2.57. The molecule has 31 heavy (non-hydrogen) atoms. The fourth-order valence-electron chi connectivity index (χ4n) is 2.24. The van der Waals surface area contributed by atoms with Gasteiger partial charge in [-0.25, -0.2) is 9.82 Å². The molecular weight excluding hydrogens is 471 g/mol. The highest BCUT2D eigenvalue weighted by molar-refractivity contribution is 9.10. The summed E-state index contributed by atoms with van der Waals surface area (Å²) < 4.78 is 19.9. The highest BCUT2D eigenvalue weighted by Gasteiger charge is 2.14. The van der Waals surface area contributed by atoms with E-state index in [-0.39, 0.29) is 18.3 Å². The van der Waals surface area contributed by atoms with Crippen molar-refractivity contribution < 1.29 is 23.5 Å². The second-order valence-corrected chi connectivity index (χ2v) is 7.40. The Hall–Kier alpha value is -3.27. The summed E-state index contributed by atoms with van der Waals surface area (Å²) in [7, 11) is 0. The van der Waals surface area contributed by atoms with Crippen molar-refractivity contribution in [3.8, 4) is 5.75 Å². The van der Waals surface area contributed by atoms with E-state index in [1.165, 1.54) is 18.3 Å². The van der Waals surface area contributed by atoms with Gasteiger partial charge in [-0.15, -0.1) is 0 Å². The van der Waals surface area contributed by atoms with Crippen LogP contribution in [0.15, 0.2) is 52.0 Å². The highest BCUT2D eigenvalue weighted by atomic mass is 79.9. The molecule has 0 saturated carbocycles. The number of halogens is 2. The van der Waals surface area contributed by atoms with Crippen molar-refractivity contribution in [3.05, 3.63) is 58.3 Å². The maximum Gasteiger partial charge on any atom is 0.329 e. The standard InChI is InChI=1S/C21H22BrFN4O4/c1-3-13(2)25-20(29)21(30)27-24-11-14-6-4-5-7-18(14)31-12-19(28)26-17-9-8-15(22)10-16(17)23/h4-11,13H,3,12H2,1-2H3,(H,25,29)(H,26,28)(H,27,30)/b24-11-/t13-/m0/s1. The van der Waals surface area contributed by atoms with Crippen LogP contribution < -0.4 is 20.8 Å². The molecule has 1 atom stereocenters. The molecular formula is C21H22BrFN4O4. The summed E-state index contributed by atoms with van der Waals surface area (Å²) in [5, 5.41) is 8.70. The van der Waals surface area contributed by atoms with E-state index in [0.717, 1.165) is 0 Å². The number of benzene rings is 2. The molecule has 0 radical (unpaired) electrons. The van der Waals surface area contributed by atoms with Crippen LogP contribution in [0.25, 0.3) is 0 Å². The molecule has 8 nitrogen and oxygen atoms in total. The molecule has 3 N–H and O–H groups in total. The topological polar surface area (TPSA) is 109 Å². The molecule has 0 aromatic heterocycles. The van der Waals surface area contributed by atoms with Crippen LogP contribution in [-0.2, 0) is 14.4 Å². The van der Waals surface area contributed by atoms with Gasteiger partial charge in [0.1, 0.15) is 11.6 Å². The van der Waals surface area contributed by atoms with Crippen molar-refractivity contribution >= 4 is 45.6 Å². The number of carbonyl (C=O) groups excluding carboxylic acids is 3. The third-order valence-electron chi connectivity index (χ3n) is 4.05. The number of anilines is 1. The third-order valence-corrected chi connectivity index (χ3v) is 4.54. The zero-order valence-corrected chi connectivity index (χ0v) is 18.5. The van der Waals surface area contributed by atoms with Gasteiger partial charge in [0, 0.05) is 16.1 Å². The Morgan fingerprint density at radius 1 is 1.19 bits per heavy atom. The minimum absolute atomic E-state index is 0.0324. The molecule has 10 heteroatoms. The van der Waals surface area contributed by atoms with Gasteiger partial charge in [0.15, 0.2) is 6.61 Å². The summed E-state index contributed by atoms with van der Waals surface area (Å²) >= 11 is 3.14. The van der Waals surface area contributed by atoms with Crippen LogP contribution in [0.3, 0.4) is 0 Å². The molecule has 2 rings (SSSR count). The number of hydrogen-bond donors (Lipinski definition) is 3. The molecule has 3 amide bonds. The molecule has 0 aliphatic rings. The Balaban J connectivity index is 1.92. The van der Waals surface area contributed by atoms with Crippen LogP contribution in [0.2, 0.25) is 0 Å². The number of nitrogens with one attached hydrogen (secondary N) is 3. The molecule has 0 fully saturated rings. The van der Waals surface area contributed by atoms with Crippen molar-refractivity contribution in [2.45, 2.75) is 26.3 Å². The van der Waals surface area contributed by atoms with Crippen molar-refractivity contribution in [1.82, 2.24) is 10.7 Å². The van der Waals surface area contributed by atoms with Crippen LogP contribution in [0, 0.1) is 5.82 Å². The highest BCUT2D eigenvalue weighted by Crippen LogP contribution is 2.20. The summed E-state index contributed by atoms with van der Waals surface area (Å²) in [6, 6.07) is 10.8. The van der Waals surface area contributed by atoms with Gasteiger partial charge in [-0.3, -0.25) is 14.4 Å². The minimum atomic E-state index is -0.897. The van der Waals surface area contributed by atoms with Gasteiger partial charge in [-0.1, -0.05) is 35.0 Å². The summed E-state index contributed by atoms with van der Waals surface area (Å²) in [6.07, 6.45) is 1.98. The van der Waals surface area contributed by atoms with Gasteiger partial charge in [0.05, 0.1) is 11.9 Å². The maximum atomic E-state index is 13.8. The molecule has 0 heterocycles. The first-order chi connectivity index (χ1) is 14.8. The average Bonchev–Trinajstić information content (AvgIpc) is 2.74.